The average molecular weight is 197 g/mol. The lowest BCUT2D eigenvalue weighted by Crippen LogP contribution is -2.18. The molecule has 1 rings (SSSR count). The summed E-state index contributed by atoms with van der Waals surface area (Å²) in [5.74, 6) is -0.125. The third-order valence-corrected chi connectivity index (χ3v) is 2.28. The molecule has 1 unspecified atom stereocenters. The standard InChI is InChI=1S/C11H16FNO/c1-4-13-8(3)9-6-10(12)7(2)5-11(9)14/h5-6,8,13-14H,4H2,1-3H3. The van der Waals surface area contributed by atoms with Gasteiger partial charge in [0, 0.05) is 11.6 Å². The van der Waals surface area contributed by atoms with Crippen LogP contribution >= 0.6 is 0 Å². The van der Waals surface area contributed by atoms with E-state index < -0.39 is 0 Å². The highest BCUT2D eigenvalue weighted by molar-refractivity contribution is 5.38. The van der Waals surface area contributed by atoms with E-state index in [4.69, 9.17) is 0 Å². The minimum absolute atomic E-state index is 0.0323. The van der Waals surface area contributed by atoms with Crippen LogP contribution in [0.25, 0.3) is 0 Å². The van der Waals surface area contributed by atoms with Gasteiger partial charge in [0.25, 0.3) is 0 Å². The lowest BCUT2D eigenvalue weighted by atomic mass is 10.0. The molecule has 2 nitrogen and oxygen atoms in total. The van der Waals surface area contributed by atoms with Crippen LogP contribution in [0.3, 0.4) is 0 Å². The van der Waals surface area contributed by atoms with Crippen molar-refractivity contribution in [1.29, 1.82) is 0 Å². The predicted octanol–water partition coefficient (Wildman–Crippen LogP) is 2.51. The molecule has 0 aliphatic carbocycles. The first kappa shape index (κ1) is 11.0. The second-order valence-corrected chi connectivity index (χ2v) is 3.44. The molecule has 0 aliphatic rings. The average Bonchev–Trinajstić information content (AvgIpc) is 2.11. The Labute approximate surface area is 83.8 Å². The molecule has 1 aromatic rings. The number of benzene rings is 1. The lowest BCUT2D eigenvalue weighted by molar-refractivity contribution is 0.450. The van der Waals surface area contributed by atoms with Crippen LogP contribution in [0.5, 0.6) is 5.75 Å². The van der Waals surface area contributed by atoms with Gasteiger partial charge < -0.3 is 10.4 Å². The number of nitrogens with one attached hydrogen (secondary N) is 1. The molecule has 0 spiro atoms. The monoisotopic (exact) mass is 197 g/mol. The number of hydrogen-bond acceptors (Lipinski definition) is 2. The van der Waals surface area contributed by atoms with E-state index >= 15 is 0 Å². The molecule has 0 saturated heterocycles. The highest BCUT2D eigenvalue weighted by Crippen LogP contribution is 2.26. The highest BCUT2D eigenvalue weighted by Gasteiger charge is 2.11. The van der Waals surface area contributed by atoms with Crippen molar-refractivity contribution >= 4 is 0 Å². The molecule has 14 heavy (non-hydrogen) atoms. The summed E-state index contributed by atoms with van der Waals surface area (Å²) in [4.78, 5) is 0. The van der Waals surface area contributed by atoms with Crippen LogP contribution in [0.15, 0.2) is 12.1 Å². The minimum Gasteiger partial charge on any atom is -0.508 e. The molecular weight excluding hydrogens is 181 g/mol. The third-order valence-electron chi connectivity index (χ3n) is 2.28. The maximum Gasteiger partial charge on any atom is 0.126 e. The molecule has 0 aliphatic heterocycles. The molecule has 0 fully saturated rings. The molecule has 0 saturated carbocycles. The van der Waals surface area contributed by atoms with Crippen LogP contribution < -0.4 is 5.32 Å². The van der Waals surface area contributed by atoms with Crippen LogP contribution in [-0.2, 0) is 0 Å². The van der Waals surface area contributed by atoms with Gasteiger partial charge in [-0.3, -0.25) is 0 Å². The first-order chi connectivity index (χ1) is 6.56. The molecule has 0 heterocycles. The number of rotatable bonds is 3. The summed E-state index contributed by atoms with van der Waals surface area (Å²) in [5.41, 5.74) is 1.07. The van der Waals surface area contributed by atoms with Gasteiger partial charge in [0.1, 0.15) is 11.6 Å². The van der Waals surface area contributed by atoms with Gasteiger partial charge in [-0.2, -0.15) is 0 Å². The Balaban J connectivity index is 3.02. The van der Waals surface area contributed by atoms with Crippen molar-refractivity contribution < 1.29 is 9.50 Å². The Kier molecular flexibility index (Phi) is 3.47. The molecule has 2 N–H and O–H groups in total. The maximum atomic E-state index is 13.2. The Morgan fingerprint density at radius 1 is 1.50 bits per heavy atom. The zero-order chi connectivity index (χ0) is 10.7. The topological polar surface area (TPSA) is 32.3 Å². The van der Waals surface area contributed by atoms with Gasteiger partial charge in [-0.05, 0) is 38.1 Å². The number of hydrogen-bond donors (Lipinski definition) is 2. The summed E-state index contributed by atoms with van der Waals surface area (Å²) in [5, 5.41) is 12.7. The summed E-state index contributed by atoms with van der Waals surface area (Å²) in [6, 6.07) is 2.81. The summed E-state index contributed by atoms with van der Waals surface area (Å²) in [7, 11) is 0. The van der Waals surface area contributed by atoms with Gasteiger partial charge in [0.15, 0.2) is 0 Å². The second-order valence-electron chi connectivity index (χ2n) is 3.44. The number of phenols is 1. The molecule has 0 radical (unpaired) electrons. The SMILES string of the molecule is CCNC(C)c1cc(F)c(C)cc1O. The fraction of sp³-hybridized carbons (Fsp3) is 0.455. The molecule has 0 amide bonds. The van der Waals surface area contributed by atoms with E-state index in [9.17, 15) is 9.50 Å². The molecule has 3 heteroatoms. The fourth-order valence-electron chi connectivity index (χ4n) is 1.44. The quantitative estimate of drug-likeness (QED) is 0.780. The minimum atomic E-state index is -0.275. The maximum absolute atomic E-state index is 13.2. The Hall–Kier alpha value is -1.09. The third kappa shape index (κ3) is 2.23. The largest absolute Gasteiger partial charge is 0.508 e. The van der Waals surface area contributed by atoms with Gasteiger partial charge in [-0.1, -0.05) is 6.92 Å². The summed E-state index contributed by atoms with van der Waals surface area (Å²) in [6.45, 7) is 6.29. The van der Waals surface area contributed by atoms with Crippen molar-refractivity contribution in [3.8, 4) is 5.75 Å². The summed E-state index contributed by atoms with van der Waals surface area (Å²) in [6.07, 6.45) is 0. The number of aromatic hydroxyl groups is 1. The molecule has 0 aromatic heterocycles. The van der Waals surface area contributed by atoms with Crippen molar-refractivity contribution in [3.05, 3.63) is 29.1 Å². The Morgan fingerprint density at radius 2 is 2.14 bits per heavy atom. The molecular formula is C11H16FNO. The molecule has 1 aromatic carbocycles. The van der Waals surface area contributed by atoms with E-state index in [1.807, 2.05) is 13.8 Å². The van der Waals surface area contributed by atoms with E-state index in [1.54, 1.807) is 6.92 Å². The Morgan fingerprint density at radius 3 is 2.71 bits per heavy atom. The van der Waals surface area contributed by atoms with E-state index in [0.717, 1.165) is 6.54 Å². The smallest absolute Gasteiger partial charge is 0.126 e. The lowest BCUT2D eigenvalue weighted by Gasteiger charge is -2.15. The van der Waals surface area contributed by atoms with Crippen LogP contribution in [0.2, 0.25) is 0 Å². The molecule has 0 bridgehead atoms. The van der Waals surface area contributed by atoms with E-state index in [-0.39, 0.29) is 17.6 Å². The van der Waals surface area contributed by atoms with Crippen LogP contribution in [-0.4, -0.2) is 11.7 Å². The van der Waals surface area contributed by atoms with Crippen LogP contribution in [0, 0.1) is 12.7 Å². The first-order valence-electron chi connectivity index (χ1n) is 4.78. The molecule has 78 valence electrons. The fourth-order valence-corrected chi connectivity index (χ4v) is 1.44. The second kappa shape index (κ2) is 4.42. The van der Waals surface area contributed by atoms with Gasteiger partial charge in [0.05, 0.1) is 0 Å². The zero-order valence-corrected chi connectivity index (χ0v) is 8.76. The number of aryl methyl sites for hydroxylation is 1. The number of halogens is 1. The summed E-state index contributed by atoms with van der Waals surface area (Å²) < 4.78 is 13.2. The van der Waals surface area contributed by atoms with Crippen LogP contribution in [0.4, 0.5) is 4.39 Å². The highest BCUT2D eigenvalue weighted by atomic mass is 19.1. The van der Waals surface area contributed by atoms with E-state index in [1.165, 1.54) is 12.1 Å². The van der Waals surface area contributed by atoms with Crippen molar-refractivity contribution in [2.75, 3.05) is 6.54 Å². The van der Waals surface area contributed by atoms with Crippen molar-refractivity contribution in [2.24, 2.45) is 0 Å². The molecule has 1 atom stereocenters. The predicted molar refractivity (Wildman–Crippen MR) is 54.9 cm³/mol. The van der Waals surface area contributed by atoms with Gasteiger partial charge >= 0.3 is 0 Å². The van der Waals surface area contributed by atoms with Crippen molar-refractivity contribution in [3.63, 3.8) is 0 Å². The first-order valence-corrected chi connectivity index (χ1v) is 4.78. The van der Waals surface area contributed by atoms with Gasteiger partial charge in [-0.15, -0.1) is 0 Å². The van der Waals surface area contributed by atoms with Crippen molar-refractivity contribution in [2.45, 2.75) is 26.8 Å². The van der Waals surface area contributed by atoms with Crippen LogP contribution in [0.1, 0.15) is 31.0 Å². The van der Waals surface area contributed by atoms with Crippen molar-refractivity contribution in [1.82, 2.24) is 5.32 Å². The Bertz CT molecular complexity index is 325. The van der Waals surface area contributed by atoms with Gasteiger partial charge in [0.2, 0.25) is 0 Å². The van der Waals surface area contributed by atoms with Gasteiger partial charge in [-0.25, -0.2) is 4.39 Å². The van der Waals surface area contributed by atoms with E-state index in [0.29, 0.717) is 11.1 Å². The normalized spacial score (nSPS) is 12.9. The number of phenolic OH excluding ortho intramolecular Hbond substituents is 1. The zero-order valence-electron chi connectivity index (χ0n) is 8.76. The van der Waals surface area contributed by atoms with E-state index in [2.05, 4.69) is 5.32 Å². The summed E-state index contributed by atoms with van der Waals surface area (Å²) >= 11 is 0.